The fourth-order valence-corrected chi connectivity index (χ4v) is 5.45. The standard InChI is InChI=1S/C23H18BrClN2O4S/c1-3-31-22(30)18-12(2)26-23-27(19(18)13-7-5-4-6-8-13)21(29)17(32-23)10-14-9-15(25)11-16(24)20(14)28/h4-11,19,28H,3H2,1-2H3/b17-10-/t19-/m1/s1. The van der Waals surface area contributed by atoms with Gasteiger partial charge in [0.25, 0.3) is 5.56 Å². The van der Waals surface area contributed by atoms with E-state index in [-0.39, 0.29) is 17.9 Å². The molecule has 0 unspecified atom stereocenters. The van der Waals surface area contributed by atoms with Crippen molar-refractivity contribution in [1.82, 2.24) is 4.57 Å². The predicted octanol–water partition coefficient (Wildman–Crippen LogP) is 3.92. The highest BCUT2D eigenvalue weighted by molar-refractivity contribution is 9.10. The smallest absolute Gasteiger partial charge is 0.338 e. The topological polar surface area (TPSA) is 80.9 Å². The molecule has 2 heterocycles. The number of esters is 1. The van der Waals surface area contributed by atoms with Gasteiger partial charge in [0.2, 0.25) is 0 Å². The molecular weight excluding hydrogens is 516 g/mol. The Bertz CT molecular complexity index is 1430. The summed E-state index contributed by atoms with van der Waals surface area (Å²) < 4.78 is 7.55. The quantitative estimate of drug-likeness (QED) is 0.516. The van der Waals surface area contributed by atoms with Gasteiger partial charge in [0.1, 0.15) is 5.75 Å². The SMILES string of the molecule is CCOC(=O)C1=C(C)N=c2s/c(=C\c3cc(Cl)cc(Br)c3O)c(=O)n2[C@@H]1c1ccccc1. The highest BCUT2D eigenvalue weighted by Gasteiger charge is 2.33. The number of ether oxygens (including phenoxy) is 1. The number of fused-ring (bicyclic) bond motifs is 1. The fourth-order valence-electron chi connectivity index (χ4n) is 3.58. The van der Waals surface area contributed by atoms with Crippen LogP contribution in [0.25, 0.3) is 6.08 Å². The number of halogens is 2. The highest BCUT2D eigenvalue weighted by atomic mass is 79.9. The number of hydrogen-bond donors (Lipinski definition) is 1. The molecule has 0 spiro atoms. The number of nitrogens with zero attached hydrogens (tertiary/aromatic N) is 2. The summed E-state index contributed by atoms with van der Waals surface area (Å²) in [5.41, 5.74) is 1.66. The fraction of sp³-hybridized carbons (Fsp3) is 0.174. The van der Waals surface area contributed by atoms with E-state index in [1.807, 2.05) is 30.3 Å². The van der Waals surface area contributed by atoms with Gasteiger partial charge in [-0.3, -0.25) is 9.36 Å². The number of benzene rings is 2. The van der Waals surface area contributed by atoms with Crippen molar-refractivity contribution in [3.8, 4) is 5.75 Å². The second-order valence-electron chi connectivity index (χ2n) is 7.04. The molecule has 1 atom stereocenters. The van der Waals surface area contributed by atoms with Gasteiger partial charge in [-0.1, -0.05) is 53.3 Å². The Morgan fingerprint density at radius 3 is 2.75 bits per heavy atom. The van der Waals surface area contributed by atoms with Crippen LogP contribution in [-0.2, 0) is 9.53 Å². The van der Waals surface area contributed by atoms with E-state index in [1.165, 1.54) is 15.9 Å². The van der Waals surface area contributed by atoms with Gasteiger partial charge in [0.15, 0.2) is 4.80 Å². The van der Waals surface area contributed by atoms with Crippen LogP contribution in [0.5, 0.6) is 5.75 Å². The summed E-state index contributed by atoms with van der Waals surface area (Å²) in [5, 5.41) is 10.8. The van der Waals surface area contributed by atoms with E-state index in [4.69, 9.17) is 16.3 Å². The molecule has 0 bridgehead atoms. The molecule has 6 nitrogen and oxygen atoms in total. The summed E-state index contributed by atoms with van der Waals surface area (Å²) in [6.07, 6.45) is 1.57. The van der Waals surface area contributed by atoms with Crippen molar-refractivity contribution in [1.29, 1.82) is 0 Å². The van der Waals surface area contributed by atoms with Crippen LogP contribution in [0.2, 0.25) is 5.02 Å². The number of carbonyl (C=O) groups excluding carboxylic acids is 1. The van der Waals surface area contributed by atoms with Gasteiger partial charge in [0, 0.05) is 10.6 Å². The summed E-state index contributed by atoms with van der Waals surface area (Å²) in [5.74, 6) is -0.531. The molecule has 0 aliphatic carbocycles. The molecule has 2 aromatic carbocycles. The maximum atomic E-state index is 13.5. The Balaban J connectivity index is 1.98. The third-order valence-electron chi connectivity index (χ3n) is 4.98. The number of rotatable bonds is 4. The Morgan fingerprint density at radius 1 is 1.34 bits per heavy atom. The number of allylic oxidation sites excluding steroid dienone is 1. The minimum Gasteiger partial charge on any atom is -0.506 e. The molecule has 4 rings (SSSR count). The molecule has 0 saturated carbocycles. The first kappa shape index (κ1) is 22.5. The van der Waals surface area contributed by atoms with E-state index < -0.39 is 12.0 Å². The van der Waals surface area contributed by atoms with Crippen LogP contribution in [0, 0.1) is 0 Å². The van der Waals surface area contributed by atoms with Crippen LogP contribution in [0.1, 0.15) is 31.0 Å². The minimum atomic E-state index is -0.673. The van der Waals surface area contributed by atoms with Gasteiger partial charge >= 0.3 is 5.97 Å². The summed E-state index contributed by atoms with van der Waals surface area (Å²) in [6.45, 7) is 3.68. The van der Waals surface area contributed by atoms with Crippen molar-refractivity contribution < 1.29 is 14.6 Å². The molecule has 1 aliphatic heterocycles. The predicted molar refractivity (Wildman–Crippen MR) is 128 cm³/mol. The molecule has 0 radical (unpaired) electrons. The largest absolute Gasteiger partial charge is 0.506 e. The van der Waals surface area contributed by atoms with Gasteiger partial charge in [0.05, 0.1) is 32.9 Å². The molecule has 9 heteroatoms. The average Bonchev–Trinajstić information content (AvgIpc) is 3.06. The highest BCUT2D eigenvalue weighted by Crippen LogP contribution is 2.32. The van der Waals surface area contributed by atoms with E-state index in [9.17, 15) is 14.7 Å². The maximum Gasteiger partial charge on any atom is 0.338 e. The van der Waals surface area contributed by atoms with Crippen LogP contribution in [0.3, 0.4) is 0 Å². The number of hydrogen-bond acceptors (Lipinski definition) is 6. The Hall–Kier alpha value is -2.68. The summed E-state index contributed by atoms with van der Waals surface area (Å²) in [6, 6.07) is 11.8. The molecular formula is C23H18BrClN2O4S. The number of thiazole rings is 1. The summed E-state index contributed by atoms with van der Waals surface area (Å²) in [7, 11) is 0. The van der Waals surface area contributed by atoms with E-state index in [2.05, 4.69) is 20.9 Å². The van der Waals surface area contributed by atoms with Crippen LogP contribution < -0.4 is 14.9 Å². The van der Waals surface area contributed by atoms with Crippen molar-refractivity contribution >= 4 is 50.9 Å². The van der Waals surface area contributed by atoms with Gasteiger partial charge in [-0.25, -0.2) is 9.79 Å². The normalized spacial score (nSPS) is 16.0. The molecule has 3 aromatic rings. The second kappa shape index (κ2) is 9.05. The lowest BCUT2D eigenvalue weighted by Gasteiger charge is -2.24. The Morgan fingerprint density at radius 2 is 2.06 bits per heavy atom. The van der Waals surface area contributed by atoms with Crippen LogP contribution in [0.4, 0.5) is 0 Å². The first-order valence-corrected chi connectivity index (χ1v) is 11.7. The molecule has 164 valence electrons. The molecule has 0 saturated heterocycles. The molecule has 1 aromatic heterocycles. The first-order valence-electron chi connectivity index (χ1n) is 9.74. The third-order valence-corrected chi connectivity index (χ3v) is 6.78. The zero-order valence-corrected chi connectivity index (χ0v) is 20.3. The summed E-state index contributed by atoms with van der Waals surface area (Å²) >= 11 is 10.6. The van der Waals surface area contributed by atoms with Gasteiger partial charge in [-0.15, -0.1) is 0 Å². The number of aromatic nitrogens is 1. The number of aromatic hydroxyl groups is 1. The lowest BCUT2D eigenvalue weighted by Crippen LogP contribution is -2.39. The van der Waals surface area contributed by atoms with Crippen molar-refractivity contribution in [3.63, 3.8) is 0 Å². The zero-order valence-electron chi connectivity index (χ0n) is 17.1. The van der Waals surface area contributed by atoms with E-state index in [1.54, 1.807) is 32.1 Å². The zero-order chi connectivity index (χ0) is 23.0. The van der Waals surface area contributed by atoms with Crippen LogP contribution in [-0.4, -0.2) is 22.2 Å². The van der Waals surface area contributed by atoms with Crippen molar-refractivity contribution in [2.75, 3.05) is 6.61 Å². The molecule has 1 aliphatic rings. The van der Waals surface area contributed by atoms with Crippen molar-refractivity contribution in [2.45, 2.75) is 19.9 Å². The lowest BCUT2D eigenvalue weighted by molar-refractivity contribution is -0.139. The van der Waals surface area contributed by atoms with E-state index in [0.29, 0.717) is 35.7 Å². The van der Waals surface area contributed by atoms with Crippen LogP contribution >= 0.6 is 38.9 Å². The van der Waals surface area contributed by atoms with Gasteiger partial charge in [-0.05, 0) is 53.5 Å². The van der Waals surface area contributed by atoms with Gasteiger partial charge in [-0.2, -0.15) is 0 Å². The monoisotopic (exact) mass is 532 g/mol. The first-order chi connectivity index (χ1) is 15.3. The molecule has 0 amide bonds. The average molecular weight is 534 g/mol. The maximum absolute atomic E-state index is 13.5. The molecule has 1 N–H and O–H groups in total. The number of carbonyl (C=O) groups is 1. The Labute approximate surface area is 200 Å². The van der Waals surface area contributed by atoms with E-state index in [0.717, 1.165) is 5.56 Å². The van der Waals surface area contributed by atoms with E-state index >= 15 is 0 Å². The lowest BCUT2D eigenvalue weighted by atomic mass is 9.96. The molecule has 0 fully saturated rings. The minimum absolute atomic E-state index is 0.0248. The summed E-state index contributed by atoms with van der Waals surface area (Å²) in [4.78, 5) is 31.3. The second-order valence-corrected chi connectivity index (χ2v) is 9.34. The van der Waals surface area contributed by atoms with Crippen molar-refractivity contribution in [2.24, 2.45) is 4.99 Å². The third kappa shape index (κ3) is 4.05. The van der Waals surface area contributed by atoms with Crippen LogP contribution in [0.15, 0.2) is 68.0 Å². The number of phenols is 1. The Kier molecular flexibility index (Phi) is 6.37. The number of phenolic OH excluding ortho intramolecular Hbond substituents is 1. The van der Waals surface area contributed by atoms with Gasteiger partial charge < -0.3 is 9.84 Å². The van der Waals surface area contributed by atoms with Crippen molar-refractivity contribution in [3.05, 3.63) is 94.0 Å². The molecule has 32 heavy (non-hydrogen) atoms.